The van der Waals surface area contributed by atoms with E-state index in [9.17, 15) is 9.18 Å². The molecule has 0 amide bonds. The third-order valence-electron chi connectivity index (χ3n) is 2.79. The molecule has 0 atom stereocenters. The molecule has 0 fully saturated rings. The highest BCUT2D eigenvalue weighted by Gasteiger charge is 2.03. The molecule has 0 unspecified atom stereocenters. The van der Waals surface area contributed by atoms with Gasteiger partial charge in [0.2, 0.25) is 0 Å². The molecule has 0 saturated carbocycles. The van der Waals surface area contributed by atoms with Crippen LogP contribution in [-0.4, -0.2) is 17.6 Å². The number of benzene rings is 2. The number of hydrogen-bond donors (Lipinski definition) is 2. The van der Waals surface area contributed by atoms with E-state index >= 15 is 0 Å². The van der Waals surface area contributed by atoms with Gasteiger partial charge in [0.05, 0.1) is 5.56 Å². The normalized spacial score (nSPS) is 10.2. The van der Waals surface area contributed by atoms with Gasteiger partial charge in [-0.05, 0) is 36.2 Å². The quantitative estimate of drug-likeness (QED) is 0.867. The lowest BCUT2D eigenvalue weighted by molar-refractivity contribution is 0.0697. The Morgan fingerprint density at radius 3 is 2.68 bits per heavy atom. The Balaban J connectivity index is 1.94. The number of carbonyl (C=O) groups is 1. The Labute approximate surface area is 110 Å². The van der Waals surface area contributed by atoms with Crippen LogP contribution in [0, 0.1) is 5.82 Å². The summed E-state index contributed by atoms with van der Waals surface area (Å²) in [5.74, 6) is -1.18. The van der Waals surface area contributed by atoms with Crippen molar-refractivity contribution in [3.05, 3.63) is 65.5 Å². The minimum atomic E-state index is -0.960. The Kier molecular flexibility index (Phi) is 4.13. The molecule has 0 aromatic heterocycles. The Morgan fingerprint density at radius 2 is 1.95 bits per heavy atom. The lowest BCUT2D eigenvalue weighted by Crippen LogP contribution is -2.07. The van der Waals surface area contributed by atoms with Crippen molar-refractivity contribution < 1.29 is 14.3 Å². The van der Waals surface area contributed by atoms with Crippen LogP contribution in [0.1, 0.15) is 15.9 Å². The predicted molar refractivity (Wildman–Crippen MR) is 72.0 cm³/mol. The number of carboxylic acids is 1. The van der Waals surface area contributed by atoms with Crippen molar-refractivity contribution in [2.45, 2.75) is 6.42 Å². The first kappa shape index (κ1) is 13.1. The van der Waals surface area contributed by atoms with Crippen LogP contribution in [0.25, 0.3) is 0 Å². The highest BCUT2D eigenvalue weighted by molar-refractivity contribution is 5.88. The van der Waals surface area contributed by atoms with Gasteiger partial charge in [0.1, 0.15) is 5.82 Å². The first-order valence-corrected chi connectivity index (χ1v) is 5.97. The Hall–Kier alpha value is -2.36. The van der Waals surface area contributed by atoms with E-state index in [2.05, 4.69) is 5.32 Å². The van der Waals surface area contributed by atoms with E-state index < -0.39 is 5.97 Å². The van der Waals surface area contributed by atoms with Crippen LogP contribution >= 0.6 is 0 Å². The van der Waals surface area contributed by atoms with E-state index in [4.69, 9.17) is 5.11 Å². The molecule has 98 valence electrons. The molecular formula is C15H14FNO2. The number of aromatic carboxylic acids is 1. The molecule has 0 spiro atoms. The standard InChI is InChI=1S/C15H14FNO2/c16-14-7-2-1-4-11(14)8-9-17-13-6-3-5-12(10-13)15(18)19/h1-7,10,17H,8-9H2,(H,18,19). The molecule has 0 saturated heterocycles. The summed E-state index contributed by atoms with van der Waals surface area (Å²) < 4.78 is 13.4. The van der Waals surface area contributed by atoms with Gasteiger partial charge in [-0.2, -0.15) is 0 Å². The van der Waals surface area contributed by atoms with Gasteiger partial charge < -0.3 is 10.4 Å². The fraction of sp³-hybridized carbons (Fsp3) is 0.133. The highest BCUT2D eigenvalue weighted by Crippen LogP contribution is 2.12. The lowest BCUT2D eigenvalue weighted by Gasteiger charge is -2.07. The zero-order chi connectivity index (χ0) is 13.7. The fourth-order valence-corrected chi connectivity index (χ4v) is 1.80. The van der Waals surface area contributed by atoms with Crippen molar-refractivity contribution in [2.75, 3.05) is 11.9 Å². The molecule has 19 heavy (non-hydrogen) atoms. The van der Waals surface area contributed by atoms with Gasteiger partial charge in [-0.1, -0.05) is 24.3 Å². The minimum Gasteiger partial charge on any atom is -0.478 e. The molecule has 0 bridgehead atoms. The third-order valence-corrected chi connectivity index (χ3v) is 2.79. The van der Waals surface area contributed by atoms with E-state index in [1.165, 1.54) is 12.1 Å². The van der Waals surface area contributed by atoms with Crippen molar-refractivity contribution in [3.63, 3.8) is 0 Å². The largest absolute Gasteiger partial charge is 0.478 e. The number of rotatable bonds is 5. The van der Waals surface area contributed by atoms with Crippen molar-refractivity contribution >= 4 is 11.7 Å². The summed E-state index contributed by atoms with van der Waals surface area (Å²) in [4.78, 5) is 10.8. The highest BCUT2D eigenvalue weighted by atomic mass is 19.1. The zero-order valence-electron chi connectivity index (χ0n) is 10.3. The summed E-state index contributed by atoms with van der Waals surface area (Å²) in [6.07, 6.45) is 0.546. The molecule has 0 heterocycles. The number of anilines is 1. The molecule has 0 radical (unpaired) electrons. The third kappa shape index (κ3) is 3.55. The summed E-state index contributed by atoms with van der Waals surface area (Å²) in [7, 11) is 0. The van der Waals surface area contributed by atoms with Gasteiger partial charge in [0.15, 0.2) is 0 Å². The zero-order valence-corrected chi connectivity index (χ0v) is 10.3. The predicted octanol–water partition coefficient (Wildman–Crippen LogP) is 3.18. The van der Waals surface area contributed by atoms with Gasteiger partial charge in [-0.3, -0.25) is 0 Å². The van der Waals surface area contributed by atoms with Crippen molar-refractivity contribution in [3.8, 4) is 0 Å². The van der Waals surface area contributed by atoms with Gasteiger partial charge >= 0.3 is 5.97 Å². The molecule has 3 nitrogen and oxygen atoms in total. The second-order valence-electron chi connectivity index (χ2n) is 4.15. The van der Waals surface area contributed by atoms with Crippen molar-refractivity contribution in [1.82, 2.24) is 0 Å². The average molecular weight is 259 g/mol. The Morgan fingerprint density at radius 1 is 1.16 bits per heavy atom. The van der Waals surface area contributed by atoms with Crippen molar-refractivity contribution in [2.24, 2.45) is 0 Å². The molecule has 0 aliphatic heterocycles. The monoisotopic (exact) mass is 259 g/mol. The topological polar surface area (TPSA) is 49.3 Å². The summed E-state index contributed by atoms with van der Waals surface area (Å²) in [5, 5.41) is 12.0. The van der Waals surface area contributed by atoms with Crippen LogP contribution in [0.3, 0.4) is 0 Å². The summed E-state index contributed by atoms with van der Waals surface area (Å²) in [6.45, 7) is 0.546. The first-order chi connectivity index (χ1) is 9.16. The molecule has 2 aromatic carbocycles. The maximum absolute atomic E-state index is 13.4. The number of carboxylic acid groups (broad SMARTS) is 1. The number of hydrogen-bond acceptors (Lipinski definition) is 2. The van der Waals surface area contributed by atoms with E-state index in [-0.39, 0.29) is 11.4 Å². The SMILES string of the molecule is O=C(O)c1cccc(NCCc2ccccc2F)c1. The minimum absolute atomic E-state index is 0.219. The molecule has 2 rings (SSSR count). The van der Waals surface area contributed by atoms with Gasteiger partial charge in [0.25, 0.3) is 0 Å². The van der Waals surface area contributed by atoms with Crippen LogP contribution < -0.4 is 5.32 Å². The maximum Gasteiger partial charge on any atom is 0.335 e. The number of halogens is 1. The van der Waals surface area contributed by atoms with E-state index in [1.54, 1.807) is 36.4 Å². The van der Waals surface area contributed by atoms with E-state index in [0.29, 0.717) is 18.5 Å². The second-order valence-corrected chi connectivity index (χ2v) is 4.15. The first-order valence-electron chi connectivity index (χ1n) is 5.97. The molecule has 0 aliphatic carbocycles. The molecule has 0 aliphatic rings. The van der Waals surface area contributed by atoms with Crippen LogP contribution in [0.2, 0.25) is 0 Å². The van der Waals surface area contributed by atoms with Crippen LogP contribution in [0.15, 0.2) is 48.5 Å². The molecule has 2 N–H and O–H groups in total. The van der Waals surface area contributed by atoms with Crippen LogP contribution in [0.4, 0.5) is 10.1 Å². The van der Waals surface area contributed by atoms with Gasteiger partial charge in [-0.15, -0.1) is 0 Å². The molecule has 2 aromatic rings. The van der Waals surface area contributed by atoms with E-state index in [0.717, 1.165) is 5.69 Å². The average Bonchev–Trinajstić information content (AvgIpc) is 2.41. The second kappa shape index (κ2) is 6.00. The Bertz CT molecular complexity index is 584. The van der Waals surface area contributed by atoms with Crippen LogP contribution in [-0.2, 0) is 6.42 Å². The van der Waals surface area contributed by atoms with Gasteiger partial charge in [0, 0.05) is 12.2 Å². The molecular weight excluding hydrogens is 245 g/mol. The van der Waals surface area contributed by atoms with Crippen LogP contribution in [0.5, 0.6) is 0 Å². The summed E-state index contributed by atoms with van der Waals surface area (Å²) >= 11 is 0. The van der Waals surface area contributed by atoms with Crippen molar-refractivity contribution in [1.29, 1.82) is 0 Å². The lowest BCUT2D eigenvalue weighted by atomic mass is 10.1. The molecule has 4 heteroatoms. The smallest absolute Gasteiger partial charge is 0.335 e. The fourth-order valence-electron chi connectivity index (χ4n) is 1.80. The number of nitrogens with one attached hydrogen (secondary N) is 1. The maximum atomic E-state index is 13.4. The van der Waals surface area contributed by atoms with Gasteiger partial charge in [-0.25, -0.2) is 9.18 Å². The summed E-state index contributed by atoms with van der Waals surface area (Å²) in [6, 6.07) is 13.2. The summed E-state index contributed by atoms with van der Waals surface area (Å²) in [5.41, 5.74) is 1.59. The van der Waals surface area contributed by atoms with E-state index in [1.807, 2.05) is 0 Å².